The summed E-state index contributed by atoms with van der Waals surface area (Å²) in [6, 6.07) is 10.7. The highest BCUT2D eigenvalue weighted by molar-refractivity contribution is 6.43. The third-order valence-corrected chi connectivity index (χ3v) is 4.98. The SMILES string of the molecule is Cc1cc(/C=C(\C#N)C(=O)OCC(=O)NCCC#N)c(C)n1-c1cccc(Cl)c1Cl. The van der Waals surface area contributed by atoms with Gasteiger partial charge in [0.2, 0.25) is 0 Å². The zero-order valence-corrected chi connectivity index (χ0v) is 17.8. The van der Waals surface area contributed by atoms with Gasteiger partial charge in [-0.25, -0.2) is 4.79 Å². The number of carbonyl (C=O) groups is 2. The Hall–Kier alpha value is -3.26. The van der Waals surface area contributed by atoms with Crippen LogP contribution in [0, 0.1) is 36.5 Å². The van der Waals surface area contributed by atoms with Crippen LogP contribution in [0.2, 0.25) is 10.0 Å². The van der Waals surface area contributed by atoms with E-state index in [1.165, 1.54) is 6.08 Å². The Kier molecular flexibility index (Phi) is 8.06. The summed E-state index contributed by atoms with van der Waals surface area (Å²) in [6.07, 6.45) is 1.54. The maximum Gasteiger partial charge on any atom is 0.349 e. The molecule has 154 valence electrons. The molecule has 0 spiro atoms. The molecule has 2 aromatic rings. The van der Waals surface area contributed by atoms with Gasteiger partial charge in [0.25, 0.3) is 5.91 Å². The second-order valence-electron chi connectivity index (χ2n) is 6.24. The Labute approximate surface area is 184 Å². The quantitative estimate of drug-likeness (QED) is 0.301. The molecule has 1 aromatic heterocycles. The van der Waals surface area contributed by atoms with Crippen LogP contribution >= 0.6 is 23.2 Å². The highest BCUT2D eigenvalue weighted by atomic mass is 35.5. The number of hydrogen-bond acceptors (Lipinski definition) is 5. The lowest BCUT2D eigenvalue weighted by molar-refractivity contribution is -0.144. The normalized spacial score (nSPS) is 10.8. The number of nitrogens with one attached hydrogen (secondary N) is 1. The van der Waals surface area contributed by atoms with Crippen LogP contribution in [0.1, 0.15) is 23.4 Å². The number of nitriles is 2. The summed E-state index contributed by atoms with van der Waals surface area (Å²) in [5.41, 5.74) is 2.61. The fourth-order valence-corrected chi connectivity index (χ4v) is 3.16. The number of nitrogens with zero attached hydrogens (tertiary/aromatic N) is 3. The highest BCUT2D eigenvalue weighted by Crippen LogP contribution is 2.32. The van der Waals surface area contributed by atoms with E-state index in [1.54, 1.807) is 24.3 Å². The van der Waals surface area contributed by atoms with Crippen molar-refractivity contribution in [3.63, 3.8) is 0 Å². The smallest absolute Gasteiger partial charge is 0.349 e. The Bertz CT molecular complexity index is 1090. The molecule has 0 atom stereocenters. The van der Waals surface area contributed by atoms with Gasteiger partial charge in [0.15, 0.2) is 6.61 Å². The minimum absolute atomic E-state index is 0.148. The Morgan fingerprint density at radius 3 is 2.67 bits per heavy atom. The van der Waals surface area contributed by atoms with Crippen LogP contribution in [-0.4, -0.2) is 29.6 Å². The van der Waals surface area contributed by atoms with E-state index in [4.69, 9.17) is 33.2 Å². The Morgan fingerprint density at radius 1 is 1.27 bits per heavy atom. The fraction of sp³-hybridized carbons (Fsp3) is 0.238. The average molecular weight is 445 g/mol. The maximum atomic E-state index is 12.2. The average Bonchev–Trinajstić information content (AvgIpc) is 2.99. The summed E-state index contributed by atoms with van der Waals surface area (Å²) >= 11 is 12.4. The summed E-state index contributed by atoms with van der Waals surface area (Å²) in [7, 11) is 0. The number of amides is 1. The van der Waals surface area contributed by atoms with E-state index in [9.17, 15) is 14.9 Å². The van der Waals surface area contributed by atoms with Crippen LogP contribution in [-0.2, 0) is 14.3 Å². The topological polar surface area (TPSA) is 108 Å². The molecule has 1 heterocycles. The molecule has 0 fully saturated rings. The largest absolute Gasteiger partial charge is 0.451 e. The van der Waals surface area contributed by atoms with Gasteiger partial charge in [0, 0.05) is 17.9 Å². The molecule has 9 heteroatoms. The predicted molar refractivity (Wildman–Crippen MR) is 113 cm³/mol. The number of aryl methyl sites for hydroxylation is 1. The molecule has 0 aliphatic rings. The highest BCUT2D eigenvalue weighted by Gasteiger charge is 2.17. The van der Waals surface area contributed by atoms with Gasteiger partial charge in [0.1, 0.15) is 11.6 Å². The first-order chi connectivity index (χ1) is 14.3. The minimum Gasteiger partial charge on any atom is -0.451 e. The molecule has 0 radical (unpaired) electrons. The second kappa shape index (κ2) is 10.5. The van der Waals surface area contributed by atoms with Crippen LogP contribution in [0.3, 0.4) is 0 Å². The molecular weight excluding hydrogens is 427 g/mol. The van der Waals surface area contributed by atoms with E-state index in [2.05, 4.69) is 5.32 Å². The number of ether oxygens (including phenoxy) is 1. The lowest BCUT2D eigenvalue weighted by Gasteiger charge is -2.12. The molecule has 1 aromatic carbocycles. The van der Waals surface area contributed by atoms with E-state index in [0.29, 0.717) is 21.3 Å². The van der Waals surface area contributed by atoms with Crippen LogP contribution < -0.4 is 5.32 Å². The van der Waals surface area contributed by atoms with E-state index in [0.717, 1.165) is 11.4 Å². The van der Waals surface area contributed by atoms with Crippen molar-refractivity contribution in [2.75, 3.05) is 13.2 Å². The Morgan fingerprint density at radius 2 is 2.00 bits per heavy atom. The van der Waals surface area contributed by atoms with Crippen LogP contribution in [0.4, 0.5) is 0 Å². The molecule has 0 aliphatic heterocycles. The molecule has 0 bridgehead atoms. The van der Waals surface area contributed by atoms with E-state index in [1.807, 2.05) is 30.6 Å². The van der Waals surface area contributed by atoms with Crippen LogP contribution in [0.5, 0.6) is 0 Å². The van der Waals surface area contributed by atoms with Gasteiger partial charge < -0.3 is 14.6 Å². The van der Waals surface area contributed by atoms with Gasteiger partial charge in [-0.15, -0.1) is 0 Å². The number of benzene rings is 1. The van der Waals surface area contributed by atoms with Crippen molar-refractivity contribution >= 4 is 41.2 Å². The first-order valence-electron chi connectivity index (χ1n) is 8.86. The van der Waals surface area contributed by atoms with Crippen molar-refractivity contribution in [2.45, 2.75) is 20.3 Å². The van der Waals surface area contributed by atoms with E-state index >= 15 is 0 Å². The second-order valence-corrected chi connectivity index (χ2v) is 7.02. The number of rotatable bonds is 7. The van der Waals surface area contributed by atoms with Gasteiger partial charge in [-0.1, -0.05) is 29.3 Å². The zero-order valence-electron chi connectivity index (χ0n) is 16.3. The van der Waals surface area contributed by atoms with Crippen LogP contribution in [0.15, 0.2) is 29.8 Å². The molecule has 0 aliphatic carbocycles. The molecule has 0 saturated heterocycles. The van der Waals surface area contributed by atoms with Crippen LogP contribution in [0.25, 0.3) is 11.8 Å². The van der Waals surface area contributed by atoms with Crippen molar-refractivity contribution in [1.29, 1.82) is 10.5 Å². The fourth-order valence-electron chi connectivity index (χ4n) is 2.78. The first kappa shape index (κ1) is 23.0. The van der Waals surface area contributed by atoms with Crippen molar-refractivity contribution in [3.05, 3.63) is 56.8 Å². The zero-order chi connectivity index (χ0) is 22.3. The van der Waals surface area contributed by atoms with Crippen molar-refractivity contribution in [3.8, 4) is 17.8 Å². The number of carbonyl (C=O) groups excluding carboxylic acids is 2. The van der Waals surface area contributed by atoms with Gasteiger partial charge in [0.05, 0.1) is 28.2 Å². The standard InChI is InChI=1S/C21H18Cl2N4O3/c1-13-9-15(14(2)27(13)18-6-3-5-17(22)20(18)23)10-16(11-25)21(29)30-12-19(28)26-8-4-7-24/h3,5-6,9-10H,4,8,12H2,1-2H3,(H,26,28)/b16-10+. The van der Waals surface area contributed by atoms with Gasteiger partial charge in [-0.05, 0) is 43.7 Å². The molecule has 7 nitrogen and oxygen atoms in total. The molecule has 30 heavy (non-hydrogen) atoms. The summed E-state index contributed by atoms with van der Waals surface area (Å²) in [5.74, 6) is -1.47. The summed E-state index contributed by atoms with van der Waals surface area (Å²) < 4.78 is 6.75. The minimum atomic E-state index is -0.918. The lowest BCUT2D eigenvalue weighted by Crippen LogP contribution is -2.29. The first-order valence-corrected chi connectivity index (χ1v) is 9.61. The van der Waals surface area contributed by atoms with Crippen molar-refractivity contribution < 1.29 is 14.3 Å². The summed E-state index contributed by atoms with van der Waals surface area (Å²) in [5, 5.41) is 21.0. The summed E-state index contributed by atoms with van der Waals surface area (Å²) in [4.78, 5) is 23.8. The number of hydrogen-bond donors (Lipinski definition) is 1. The lowest BCUT2D eigenvalue weighted by atomic mass is 10.1. The number of halogens is 2. The molecule has 1 N–H and O–H groups in total. The monoisotopic (exact) mass is 444 g/mol. The van der Waals surface area contributed by atoms with Gasteiger partial charge in [-0.3, -0.25) is 4.79 Å². The molecule has 0 unspecified atom stereocenters. The Balaban J connectivity index is 2.23. The third-order valence-electron chi connectivity index (χ3n) is 4.18. The summed E-state index contributed by atoms with van der Waals surface area (Å²) in [6.45, 7) is 3.29. The molecule has 2 rings (SSSR count). The van der Waals surface area contributed by atoms with E-state index < -0.39 is 18.5 Å². The maximum absolute atomic E-state index is 12.2. The molecular formula is C21H18Cl2N4O3. The number of aromatic nitrogens is 1. The molecule has 0 saturated carbocycles. The molecule has 1 amide bonds. The van der Waals surface area contributed by atoms with E-state index in [-0.39, 0.29) is 18.5 Å². The number of esters is 1. The van der Waals surface area contributed by atoms with Gasteiger partial charge >= 0.3 is 5.97 Å². The van der Waals surface area contributed by atoms with Crippen molar-refractivity contribution in [1.82, 2.24) is 9.88 Å². The van der Waals surface area contributed by atoms with Gasteiger partial charge in [-0.2, -0.15) is 10.5 Å². The predicted octanol–water partition coefficient (Wildman–Crippen LogP) is 3.88. The van der Waals surface area contributed by atoms with Crippen molar-refractivity contribution in [2.24, 2.45) is 0 Å². The third kappa shape index (κ3) is 5.42.